The minimum absolute atomic E-state index is 0.128. The number of rotatable bonds is 5. The highest BCUT2D eigenvalue weighted by Gasteiger charge is 2.09. The molecule has 2 rings (SSSR count). The van der Waals surface area contributed by atoms with Gasteiger partial charge in [-0.3, -0.25) is 0 Å². The smallest absolute Gasteiger partial charge is 0.148 e. The van der Waals surface area contributed by atoms with Crippen LogP contribution < -0.4 is 0 Å². The van der Waals surface area contributed by atoms with Crippen molar-refractivity contribution in [1.29, 1.82) is 0 Å². The molecule has 0 bridgehead atoms. The zero-order valence-electron chi connectivity index (χ0n) is 9.91. The van der Waals surface area contributed by atoms with E-state index in [0.717, 1.165) is 24.5 Å². The summed E-state index contributed by atoms with van der Waals surface area (Å²) in [6.07, 6.45) is 4.42. The van der Waals surface area contributed by atoms with Gasteiger partial charge in [0.15, 0.2) is 0 Å². The Morgan fingerprint density at radius 1 is 1.47 bits per heavy atom. The Morgan fingerprint density at radius 2 is 2.29 bits per heavy atom. The Morgan fingerprint density at radius 3 is 2.94 bits per heavy atom. The molecule has 0 amide bonds. The molecule has 2 aromatic heterocycles. The van der Waals surface area contributed by atoms with Gasteiger partial charge >= 0.3 is 0 Å². The third kappa shape index (κ3) is 2.82. The van der Waals surface area contributed by atoms with E-state index in [9.17, 15) is 0 Å². The summed E-state index contributed by atoms with van der Waals surface area (Å²) in [5, 5.41) is 12.0. The summed E-state index contributed by atoms with van der Waals surface area (Å²) in [4.78, 5) is 4.21. The van der Waals surface area contributed by atoms with Crippen LogP contribution in [-0.2, 0) is 13.1 Å². The molecule has 0 saturated heterocycles. The molecule has 0 radical (unpaired) electrons. The van der Waals surface area contributed by atoms with Crippen molar-refractivity contribution in [2.24, 2.45) is 0 Å². The molecule has 0 spiro atoms. The molecule has 0 N–H and O–H groups in total. The van der Waals surface area contributed by atoms with Crippen LogP contribution in [0, 0.1) is 0 Å². The highest BCUT2D eigenvalue weighted by Crippen LogP contribution is 2.15. The van der Waals surface area contributed by atoms with E-state index in [-0.39, 0.29) is 5.38 Å². The lowest BCUT2D eigenvalue weighted by atomic mass is 10.4. The molecule has 2 aromatic rings. The molecular weight excluding hydrogens is 240 g/mol. The van der Waals surface area contributed by atoms with E-state index < -0.39 is 0 Å². The van der Waals surface area contributed by atoms with Crippen molar-refractivity contribution in [3.05, 3.63) is 24.0 Å². The summed E-state index contributed by atoms with van der Waals surface area (Å²) in [6.45, 7) is 5.41. The fourth-order valence-corrected chi connectivity index (χ4v) is 1.63. The van der Waals surface area contributed by atoms with Crippen LogP contribution in [0.3, 0.4) is 0 Å². The Labute approximate surface area is 105 Å². The van der Waals surface area contributed by atoms with Crippen LogP contribution in [0.1, 0.15) is 37.2 Å². The third-order valence-electron chi connectivity index (χ3n) is 2.40. The van der Waals surface area contributed by atoms with Crippen LogP contribution in [0.15, 0.2) is 12.5 Å². The molecule has 2 heterocycles. The normalized spacial score (nSPS) is 12.9. The van der Waals surface area contributed by atoms with Crippen molar-refractivity contribution in [2.45, 2.75) is 38.7 Å². The molecule has 0 fully saturated rings. The first kappa shape index (κ1) is 12.0. The zero-order chi connectivity index (χ0) is 12.3. The largest absolute Gasteiger partial charge is 0.248 e. The summed E-state index contributed by atoms with van der Waals surface area (Å²) in [7, 11) is 0. The molecule has 1 unspecified atom stereocenters. The van der Waals surface area contributed by atoms with E-state index in [2.05, 4.69) is 27.3 Å². The highest BCUT2D eigenvalue weighted by atomic mass is 35.5. The molecule has 17 heavy (non-hydrogen) atoms. The van der Waals surface area contributed by atoms with Crippen LogP contribution in [0.2, 0.25) is 0 Å². The van der Waals surface area contributed by atoms with Gasteiger partial charge in [-0.2, -0.15) is 5.10 Å². The lowest BCUT2D eigenvalue weighted by Gasteiger charge is -2.03. The number of nitrogens with zero attached hydrogens (tertiary/aromatic N) is 6. The van der Waals surface area contributed by atoms with Gasteiger partial charge in [-0.15, -0.1) is 16.7 Å². The first-order valence-electron chi connectivity index (χ1n) is 5.61. The first-order valence-corrected chi connectivity index (χ1v) is 6.05. The standard InChI is InChI=1S/C10H15ClN6/c1-3-4-17-10(12-7-13-17)6-16-5-9(8(2)11)14-15-16/h5,7-8H,3-4,6H2,1-2H3. The Bertz CT molecular complexity index is 475. The third-order valence-corrected chi connectivity index (χ3v) is 2.62. The van der Waals surface area contributed by atoms with Gasteiger partial charge in [-0.05, 0) is 13.3 Å². The average molecular weight is 255 g/mol. The number of hydrogen-bond acceptors (Lipinski definition) is 4. The van der Waals surface area contributed by atoms with Gasteiger partial charge in [-0.1, -0.05) is 12.1 Å². The first-order chi connectivity index (χ1) is 8.20. The number of alkyl halides is 1. The molecule has 0 saturated carbocycles. The molecule has 0 aromatic carbocycles. The van der Waals surface area contributed by atoms with Gasteiger partial charge in [0.1, 0.15) is 24.4 Å². The second kappa shape index (κ2) is 5.27. The summed E-state index contributed by atoms with van der Waals surface area (Å²) in [6, 6.07) is 0. The maximum absolute atomic E-state index is 5.93. The maximum atomic E-state index is 5.93. The maximum Gasteiger partial charge on any atom is 0.148 e. The van der Waals surface area contributed by atoms with E-state index >= 15 is 0 Å². The summed E-state index contributed by atoms with van der Waals surface area (Å²) in [5.41, 5.74) is 0.772. The van der Waals surface area contributed by atoms with Gasteiger partial charge in [0, 0.05) is 6.54 Å². The lowest BCUT2D eigenvalue weighted by Crippen LogP contribution is -2.10. The second-order valence-corrected chi connectivity index (χ2v) is 4.51. The topological polar surface area (TPSA) is 61.4 Å². The molecular formula is C10H15ClN6. The fraction of sp³-hybridized carbons (Fsp3) is 0.600. The monoisotopic (exact) mass is 254 g/mol. The predicted octanol–water partition coefficient (Wildman–Crippen LogP) is 1.63. The van der Waals surface area contributed by atoms with Crippen LogP contribution >= 0.6 is 11.6 Å². The number of aryl methyl sites for hydroxylation is 1. The van der Waals surface area contributed by atoms with Crippen molar-refractivity contribution in [2.75, 3.05) is 0 Å². The van der Waals surface area contributed by atoms with Crippen molar-refractivity contribution >= 4 is 11.6 Å². The quantitative estimate of drug-likeness (QED) is 0.761. The van der Waals surface area contributed by atoms with Gasteiger partial charge in [-0.25, -0.2) is 14.3 Å². The Hall–Kier alpha value is -1.43. The number of hydrogen-bond donors (Lipinski definition) is 0. The number of aromatic nitrogens is 6. The van der Waals surface area contributed by atoms with E-state index in [1.165, 1.54) is 0 Å². The second-order valence-electron chi connectivity index (χ2n) is 3.86. The van der Waals surface area contributed by atoms with E-state index in [0.29, 0.717) is 6.54 Å². The lowest BCUT2D eigenvalue weighted by molar-refractivity contribution is 0.532. The molecule has 1 atom stereocenters. The molecule has 6 nitrogen and oxygen atoms in total. The molecule has 0 aliphatic carbocycles. The van der Waals surface area contributed by atoms with Crippen molar-refractivity contribution in [1.82, 2.24) is 29.8 Å². The van der Waals surface area contributed by atoms with Crippen molar-refractivity contribution in [3.63, 3.8) is 0 Å². The minimum atomic E-state index is -0.128. The fourth-order valence-electron chi connectivity index (χ4n) is 1.53. The van der Waals surface area contributed by atoms with E-state index in [4.69, 9.17) is 11.6 Å². The molecule has 7 heteroatoms. The Kier molecular flexibility index (Phi) is 3.73. The summed E-state index contributed by atoms with van der Waals surface area (Å²) in [5.74, 6) is 0.880. The van der Waals surface area contributed by atoms with E-state index in [1.54, 1.807) is 11.0 Å². The molecule has 0 aliphatic rings. The summed E-state index contributed by atoms with van der Waals surface area (Å²) >= 11 is 5.93. The SMILES string of the molecule is CCCn1ncnc1Cn1cc(C(C)Cl)nn1. The molecule has 92 valence electrons. The summed E-state index contributed by atoms with van der Waals surface area (Å²) < 4.78 is 3.61. The van der Waals surface area contributed by atoms with Crippen molar-refractivity contribution in [3.8, 4) is 0 Å². The highest BCUT2D eigenvalue weighted by molar-refractivity contribution is 6.20. The molecule has 0 aliphatic heterocycles. The van der Waals surface area contributed by atoms with Gasteiger partial charge in [0.05, 0.1) is 11.6 Å². The van der Waals surface area contributed by atoms with Gasteiger partial charge in [0.25, 0.3) is 0 Å². The Balaban J connectivity index is 2.11. The van der Waals surface area contributed by atoms with Crippen molar-refractivity contribution < 1.29 is 0 Å². The minimum Gasteiger partial charge on any atom is -0.248 e. The van der Waals surface area contributed by atoms with Crippen LogP contribution in [0.25, 0.3) is 0 Å². The van der Waals surface area contributed by atoms with Gasteiger partial charge in [0.2, 0.25) is 0 Å². The van der Waals surface area contributed by atoms with Crippen LogP contribution in [-0.4, -0.2) is 29.8 Å². The van der Waals surface area contributed by atoms with Crippen LogP contribution in [0.5, 0.6) is 0 Å². The zero-order valence-corrected chi connectivity index (χ0v) is 10.7. The average Bonchev–Trinajstić information content (AvgIpc) is 2.90. The van der Waals surface area contributed by atoms with E-state index in [1.807, 2.05) is 17.8 Å². The van der Waals surface area contributed by atoms with Gasteiger partial charge < -0.3 is 0 Å². The predicted molar refractivity (Wildman–Crippen MR) is 63.7 cm³/mol. The number of halogens is 1. The van der Waals surface area contributed by atoms with Crippen LogP contribution in [0.4, 0.5) is 0 Å².